The van der Waals surface area contributed by atoms with Crippen LogP contribution in [0.25, 0.3) is 0 Å². The number of fused-ring (bicyclic) bond motifs is 2. The van der Waals surface area contributed by atoms with Gasteiger partial charge < -0.3 is 4.90 Å². The van der Waals surface area contributed by atoms with Crippen LogP contribution in [0, 0.1) is 5.92 Å². The molecule has 2 unspecified atom stereocenters. The Morgan fingerprint density at radius 3 is 2.00 bits per heavy atom. The topological polar surface area (TPSA) is 57.7 Å². The van der Waals surface area contributed by atoms with Crippen molar-refractivity contribution >= 4 is 17.7 Å². The maximum absolute atomic E-state index is 12.4. The molecule has 0 radical (unpaired) electrons. The predicted octanol–water partition coefficient (Wildman–Crippen LogP) is 1.46. The number of carbonyl (C=O) groups excluding carboxylic acids is 3. The quantitative estimate of drug-likeness (QED) is 0.739. The lowest BCUT2D eigenvalue weighted by Crippen LogP contribution is -2.53. The van der Waals surface area contributed by atoms with Gasteiger partial charge in [0.15, 0.2) is 0 Å². The SMILES string of the molecule is O=C1CCC(=O)N1C1CC2CCC(C1)N2C(=O)CC1CC1. The second-order valence-corrected chi connectivity index (χ2v) is 7.12. The number of likely N-dealkylation sites (tertiary alicyclic amines) is 1. The van der Waals surface area contributed by atoms with Crippen LogP contribution < -0.4 is 0 Å². The molecule has 3 amide bonds. The summed E-state index contributed by atoms with van der Waals surface area (Å²) in [5.74, 6) is 0.906. The van der Waals surface area contributed by atoms with Gasteiger partial charge in [-0.2, -0.15) is 0 Å². The van der Waals surface area contributed by atoms with Crippen molar-refractivity contribution in [1.82, 2.24) is 9.80 Å². The Morgan fingerprint density at radius 2 is 1.48 bits per heavy atom. The fraction of sp³-hybridized carbons (Fsp3) is 0.812. The van der Waals surface area contributed by atoms with Crippen molar-refractivity contribution in [1.29, 1.82) is 0 Å². The lowest BCUT2D eigenvalue weighted by atomic mass is 9.95. The average Bonchev–Trinajstić information content (AvgIpc) is 3.14. The normalized spacial score (nSPS) is 35.7. The molecule has 4 aliphatic rings. The summed E-state index contributed by atoms with van der Waals surface area (Å²) in [6, 6.07) is 0.539. The van der Waals surface area contributed by atoms with E-state index in [-0.39, 0.29) is 29.9 Å². The summed E-state index contributed by atoms with van der Waals surface area (Å²) in [7, 11) is 0. The van der Waals surface area contributed by atoms with Gasteiger partial charge in [0.25, 0.3) is 0 Å². The van der Waals surface area contributed by atoms with Crippen molar-refractivity contribution in [3.05, 3.63) is 0 Å². The molecule has 0 aromatic rings. The van der Waals surface area contributed by atoms with Crippen molar-refractivity contribution < 1.29 is 14.4 Å². The molecule has 2 atom stereocenters. The molecule has 114 valence electrons. The van der Waals surface area contributed by atoms with Gasteiger partial charge in [-0.15, -0.1) is 0 Å². The highest BCUT2D eigenvalue weighted by molar-refractivity contribution is 6.02. The molecule has 1 saturated carbocycles. The third-order valence-corrected chi connectivity index (χ3v) is 5.61. The van der Waals surface area contributed by atoms with E-state index in [9.17, 15) is 14.4 Å². The second-order valence-electron chi connectivity index (χ2n) is 7.12. The van der Waals surface area contributed by atoms with Crippen LogP contribution in [0.2, 0.25) is 0 Å². The molecule has 0 aromatic heterocycles. The van der Waals surface area contributed by atoms with E-state index in [0.717, 1.165) is 25.7 Å². The monoisotopic (exact) mass is 290 g/mol. The smallest absolute Gasteiger partial charge is 0.229 e. The largest absolute Gasteiger partial charge is 0.337 e. The van der Waals surface area contributed by atoms with E-state index in [1.165, 1.54) is 17.7 Å². The highest BCUT2D eigenvalue weighted by atomic mass is 16.2. The van der Waals surface area contributed by atoms with Gasteiger partial charge in [0.05, 0.1) is 0 Å². The summed E-state index contributed by atoms with van der Waals surface area (Å²) in [4.78, 5) is 39.9. The van der Waals surface area contributed by atoms with Gasteiger partial charge in [0, 0.05) is 37.4 Å². The van der Waals surface area contributed by atoms with Gasteiger partial charge in [0.1, 0.15) is 0 Å². The van der Waals surface area contributed by atoms with Crippen LogP contribution in [0.4, 0.5) is 0 Å². The third kappa shape index (κ3) is 2.27. The number of amides is 3. The number of hydrogen-bond acceptors (Lipinski definition) is 3. The minimum atomic E-state index is -0.0119. The molecule has 3 heterocycles. The van der Waals surface area contributed by atoms with Gasteiger partial charge in [-0.25, -0.2) is 0 Å². The highest BCUT2D eigenvalue weighted by Gasteiger charge is 2.48. The maximum Gasteiger partial charge on any atom is 0.229 e. The number of imide groups is 1. The predicted molar refractivity (Wildman–Crippen MR) is 75.1 cm³/mol. The minimum Gasteiger partial charge on any atom is -0.337 e. The first-order valence-electron chi connectivity index (χ1n) is 8.29. The zero-order valence-electron chi connectivity index (χ0n) is 12.3. The van der Waals surface area contributed by atoms with Crippen LogP contribution in [0.15, 0.2) is 0 Å². The number of rotatable bonds is 3. The van der Waals surface area contributed by atoms with Crippen LogP contribution in [0.1, 0.15) is 57.8 Å². The Bertz CT molecular complexity index is 470. The Balaban J connectivity index is 1.46. The first-order chi connectivity index (χ1) is 10.1. The van der Waals surface area contributed by atoms with Crippen molar-refractivity contribution in [2.75, 3.05) is 0 Å². The van der Waals surface area contributed by atoms with Crippen molar-refractivity contribution in [2.45, 2.75) is 75.9 Å². The molecule has 3 aliphatic heterocycles. The first kappa shape index (κ1) is 13.3. The molecule has 4 fully saturated rings. The molecule has 3 saturated heterocycles. The number of hydrogen-bond donors (Lipinski definition) is 0. The molecular formula is C16H22N2O3. The lowest BCUT2D eigenvalue weighted by Gasteiger charge is -2.41. The van der Waals surface area contributed by atoms with Gasteiger partial charge in [-0.1, -0.05) is 0 Å². The summed E-state index contributed by atoms with van der Waals surface area (Å²) in [6.07, 6.45) is 7.52. The number of nitrogens with zero attached hydrogens (tertiary/aromatic N) is 2. The first-order valence-corrected chi connectivity index (χ1v) is 8.29. The van der Waals surface area contributed by atoms with E-state index in [1.54, 1.807) is 0 Å². The maximum atomic E-state index is 12.4. The van der Waals surface area contributed by atoms with E-state index in [4.69, 9.17) is 0 Å². The van der Waals surface area contributed by atoms with Crippen LogP contribution in [-0.2, 0) is 14.4 Å². The zero-order valence-corrected chi connectivity index (χ0v) is 12.3. The van der Waals surface area contributed by atoms with E-state index in [2.05, 4.69) is 4.90 Å². The number of carbonyl (C=O) groups is 3. The molecule has 2 bridgehead atoms. The van der Waals surface area contributed by atoms with Crippen molar-refractivity contribution in [3.63, 3.8) is 0 Å². The van der Waals surface area contributed by atoms with E-state index >= 15 is 0 Å². The van der Waals surface area contributed by atoms with Crippen LogP contribution >= 0.6 is 0 Å². The average molecular weight is 290 g/mol. The molecule has 1 aliphatic carbocycles. The molecular weight excluding hydrogens is 268 g/mol. The Hall–Kier alpha value is -1.39. The highest BCUT2D eigenvalue weighted by Crippen LogP contribution is 2.41. The summed E-state index contributed by atoms with van der Waals surface area (Å²) in [5, 5.41) is 0. The van der Waals surface area contributed by atoms with Gasteiger partial charge >= 0.3 is 0 Å². The van der Waals surface area contributed by atoms with Gasteiger partial charge in [-0.3, -0.25) is 19.3 Å². The van der Waals surface area contributed by atoms with Crippen LogP contribution in [0.5, 0.6) is 0 Å². The van der Waals surface area contributed by atoms with Crippen LogP contribution in [-0.4, -0.2) is 45.6 Å². The molecule has 5 nitrogen and oxygen atoms in total. The second kappa shape index (κ2) is 4.82. The fourth-order valence-corrected chi connectivity index (χ4v) is 4.44. The van der Waals surface area contributed by atoms with Gasteiger partial charge in [-0.05, 0) is 44.4 Å². The molecule has 4 rings (SSSR count). The molecule has 5 heteroatoms. The standard InChI is InChI=1S/C16H22N2O3/c19-14-5-6-15(20)18(14)13-8-11-3-4-12(9-13)17(11)16(21)7-10-1-2-10/h10-13H,1-9H2. The summed E-state index contributed by atoms with van der Waals surface area (Å²) in [5.41, 5.74) is 0. The van der Waals surface area contributed by atoms with Crippen LogP contribution in [0.3, 0.4) is 0 Å². The summed E-state index contributed by atoms with van der Waals surface area (Å²) >= 11 is 0. The minimum absolute atomic E-state index is 0.0119. The van der Waals surface area contributed by atoms with E-state index in [0.29, 0.717) is 31.1 Å². The van der Waals surface area contributed by atoms with Crippen molar-refractivity contribution in [2.24, 2.45) is 5.92 Å². The number of piperidine rings is 1. The van der Waals surface area contributed by atoms with Crippen molar-refractivity contribution in [3.8, 4) is 0 Å². The Kier molecular flexibility index (Phi) is 3.05. The zero-order chi connectivity index (χ0) is 14.6. The van der Waals surface area contributed by atoms with E-state index < -0.39 is 0 Å². The Labute approximate surface area is 124 Å². The molecule has 0 N–H and O–H groups in total. The summed E-state index contributed by atoms with van der Waals surface area (Å²) < 4.78 is 0. The molecule has 0 aromatic carbocycles. The van der Waals surface area contributed by atoms with E-state index in [1.807, 2.05) is 0 Å². The molecule has 21 heavy (non-hydrogen) atoms. The fourth-order valence-electron chi connectivity index (χ4n) is 4.44. The lowest BCUT2D eigenvalue weighted by molar-refractivity contribution is -0.144. The molecule has 0 spiro atoms. The third-order valence-electron chi connectivity index (χ3n) is 5.61. The van der Waals surface area contributed by atoms with Gasteiger partial charge in [0.2, 0.25) is 17.7 Å². The summed E-state index contributed by atoms with van der Waals surface area (Å²) in [6.45, 7) is 0. The Morgan fingerprint density at radius 1 is 0.905 bits per heavy atom.